The molecule has 1 N–H and O–H groups in total. The average molecular weight is 305 g/mol. The van der Waals surface area contributed by atoms with Crippen molar-refractivity contribution in [1.82, 2.24) is 10.2 Å². The van der Waals surface area contributed by atoms with Crippen molar-refractivity contribution in [3.8, 4) is 0 Å². The van der Waals surface area contributed by atoms with Gasteiger partial charge in [0, 0.05) is 30.7 Å². The Morgan fingerprint density at radius 3 is 2.86 bits per heavy atom. The molecule has 1 aromatic carbocycles. The Morgan fingerprint density at radius 2 is 2.05 bits per heavy atom. The molecule has 1 atom stereocenters. The van der Waals surface area contributed by atoms with Crippen LogP contribution in [0.5, 0.6) is 0 Å². The highest BCUT2D eigenvalue weighted by atomic mass is 32.2. The summed E-state index contributed by atoms with van der Waals surface area (Å²) in [6.45, 7) is 1.81. The van der Waals surface area contributed by atoms with Gasteiger partial charge in [0.1, 0.15) is 4.90 Å². The molecule has 1 saturated heterocycles. The van der Waals surface area contributed by atoms with Crippen molar-refractivity contribution in [3.05, 3.63) is 29.8 Å². The van der Waals surface area contributed by atoms with Crippen LogP contribution in [0.2, 0.25) is 0 Å². The van der Waals surface area contributed by atoms with E-state index in [0.717, 1.165) is 31.5 Å². The Balaban J connectivity index is 1.63. The van der Waals surface area contributed by atoms with Crippen molar-refractivity contribution in [2.24, 2.45) is 4.40 Å². The molecule has 0 bridgehead atoms. The van der Waals surface area contributed by atoms with Gasteiger partial charge in [-0.15, -0.1) is 4.40 Å². The van der Waals surface area contributed by atoms with Gasteiger partial charge in [-0.3, -0.25) is 0 Å². The van der Waals surface area contributed by atoms with Crippen molar-refractivity contribution in [2.45, 2.75) is 42.7 Å². The molecule has 3 aliphatic rings. The Bertz CT molecular complexity index is 695. The fourth-order valence-corrected chi connectivity index (χ4v) is 4.43. The lowest BCUT2D eigenvalue weighted by atomic mass is 10.1. The van der Waals surface area contributed by atoms with E-state index in [2.05, 4.69) is 14.6 Å². The molecule has 0 spiro atoms. The van der Waals surface area contributed by atoms with Gasteiger partial charge in [-0.2, -0.15) is 8.42 Å². The van der Waals surface area contributed by atoms with Crippen LogP contribution in [0.4, 0.5) is 0 Å². The average Bonchev–Trinajstić information content (AvgIpc) is 3.12. The maximum atomic E-state index is 12.2. The summed E-state index contributed by atoms with van der Waals surface area (Å²) in [6, 6.07) is 8.17. The van der Waals surface area contributed by atoms with E-state index < -0.39 is 10.0 Å². The number of rotatable bonds is 3. The second kappa shape index (κ2) is 4.81. The van der Waals surface area contributed by atoms with E-state index in [4.69, 9.17) is 0 Å². The van der Waals surface area contributed by atoms with Gasteiger partial charge in [0.25, 0.3) is 10.0 Å². The number of sulfonamides is 1. The number of benzene rings is 1. The molecule has 0 aromatic heterocycles. The standard InChI is InChI=1S/C15H19N3O2S/c19-21(20)14-6-2-1-5-13(14)15(17-21)18-9-3-4-12(18)10-16-11-7-8-11/h1-2,5-6,11-12,16H,3-4,7-10H2. The van der Waals surface area contributed by atoms with Gasteiger partial charge < -0.3 is 10.2 Å². The summed E-state index contributed by atoms with van der Waals surface area (Å²) in [5.41, 5.74) is 0.760. The number of nitrogens with zero attached hydrogens (tertiary/aromatic N) is 2. The number of amidine groups is 1. The Morgan fingerprint density at radius 1 is 1.24 bits per heavy atom. The van der Waals surface area contributed by atoms with E-state index in [9.17, 15) is 8.42 Å². The quantitative estimate of drug-likeness (QED) is 0.916. The number of hydrogen-bond donors (Lipinski definition) is 1. The zero-order valence-electron chi connectivity index (χ0n) is 11.8. The Kier molecular flexibility index (Phi) is 3.04. The van der Waals surface area contributed by atoms with Crippen LogP contribution in [-0.4, -0.2) is 44.3 Å². The van der Waals surface area contributed by atoms with Crippen LogP contribution in [-0.2, 0) is 10.0 Å². The highest BCUT2D eigenvalue weighted by Crippen LogP contribution is 2.31. The van der Waals surface area contributed by atoms with E-state index in [-0.39, 0.29) is 0 Å². The SMILES string of the molecule is O=S1(=O)N=C(N2CCCC2CNC2CC2)c2ccccc21. The van der Waals surface area contributed by atoms with Gasteiger partial charge in [0.05, 0.1) is 0 Å². The highest BCUT2D eigenvalue weighted by Gasteiger charge is 2.36. The number of likely N-dealkylation sites (tertiary alicyclic amines) is 1. The molecular weight excluding hydrogens is 286 g/mol. The maximum absolute atomic E-state index is 12.2. The van der Waals surface area contributed by atoms with Crippen LogP contribution in [0.1, 0.15) is 31.2 Å². The first-order chi connectivity index (χ1) is 10.1. The summed E-state index contributed by atoms with van der Waals surface area (Å²) in [5, 5.41) is 3.55. The molecule has 0 radical (unpaired) electrons. The third-order valence-corrected chi connectivity index (χ3v) is 5.81. The lowest BCUT2D eigenvalue weighted by Gasteiger charge is -2.26. The molecule has 5 nitrogen and oxygen atoms in total. The molecule has 112 valence electrons. The van der Waals surface area contributed by atoms with Crippen LogP contribution >= 0.6 is 0 Å². The molecule has 1 aliphatic carbocycles. The van der Waals surface area contributed by atoms with Gasteiger partial charge in [0.15, 0.2) is 5.84 Å². The van der Waals surface area contributed by atoms with Crippen LogP contribution in [0, 0.1) is 0 Å². The molecule has 4 rings (SSSR count). The first-order valence-corrected chi connectivity index (χ1v) is 9.03. The van der Waals surface area contributed by atoms with Crippen molar-refractivity contribution < 1.29 is 8.42 Å². The molecular formula is C15H19N3O2S. The van der Waals surface area contributed by atoms with Crippen LogP contribution in [0.15, 0.2) is 33.6 Å². The van der Waals surface area contributed by atoms with E-state index >= 15 is 0 Å². The van der Waals surface area contributed by atoms with E-state index in [1.165, 1.54) is 12.8 Å². The molecule has 1 aromatic rings. The monoisotopic (exact) mass is 305 g/mol. The summed E-state index contributed by atoms with van der Waals surface area (Å²) >= 11 is 0. The lowest BCUT2D eigenvalue weighted by Crippen LogP contribution is -2.42. The topological polar surface area (TPSA) is 61.8 Å². The molecule has 21 heavy (non-hydrogen) atoms. The van der Waals surface area contributed by atoms with Gasteiger partial charge in [-0.1, -0.05) is 12.1 Å². The second-order valence-corrected chi connectivity index (χ2v) is 7.63. The maximum Gasteiger partial charge on any atom is 0.285 e. The molecule has 2 fully saturated rings. The van der Waals surface area contributed by atoms with Crippen LogP contribution in [0.25, 0.3) is 0 Å². The zero-order valence-corrected chi connectivity index (χ0v) is 12.6. The molecule has 1 unspecified atom stereocenters. The van der Waals surface area contributed by atoms with E-state index in [1.54, 1.807) is 12.1 Å². The summed E-state index contributed by atoms with van der Waals surface area (Å²) in [4.78, 5) is 2.53. The third kappa shape index (κ3) is 2.36. The summed E-state index contributed by atoms with van der Waals surface area (Å²) in [6.07, 6.45) is 4.73. The number of hydrogen-bond acceptors (Lipinski definition) is 4. The minimum absolute atomic E-state index is 0.348. The predicted octanol–water partition coefficient (Wildman–Crippen LogP) is 1.35. The smallest absolute Gasteiger partial charge is 0.285 e. The zero-order chi connectivity index (χ0) is 14.4. The van der Waals surface area contributed by atoms with Gasteiger partial charge in [-0.25, -0.2) is 0 Å². The molecule has 2 aliphatic heterocycles. The lowest BCUT2D eigenvalue weighted by molar-refractivity contribution is 0.371. The van der Waals surface area contributed by atoms with E-state index in [0.29, 0.717) is 22.8 Å². The van der Waals surface area contributed by atoms with Gasteiger partial charge in [0.2, 0.25) is 0 Å². The minimum atomic E-state index is -3.51. The fourth-order valence-electron chi connectivity index (χ4n) is 3.21. The summed E-state index contributed by atoms with van der Waals surface area (Å²) in [7, 11) is -3.51. The van der Waals surface area contributed by atoms with Gasteiger partial charge >= 0.3 is 0 Å². The Labute approximate surface area is 125 Å². The largest absolute Gasteiger partial charge is 0.351 e. The first kappa shape index (κ1) is 13.3. The highest BCUT2D eigenvalue weighted by molar-refractivity contribution is 7.90. The third-order valence-electron chi connectivity index (χ3n) is 4.48. The summed E-state index contributed by atoms with van der Waals surface area (Å²) in [5.74, 6) is 0.644. The Hall–Kier alpha value is -1.40. The predicted molar refractivity (Wildman–Crippen MR) is 80.9 cm³/mol. The van der Waals surface area contributed by atoms with E-state index in [1.807, 2.05) is 12.1 Å². The van der Waals surface area contributed by atoms with Crippen molar-refractivity contribution in [2.75, 3.05) is 13.1 Å². The number of nitrogens with one attached hydrogen (secondary N) is 1. The fraction of sp³-hybridized carbons (Fsp3) is 0.533. The van der Waals surface area contributed by atoms with Crippen molar-refractivity contribution in [3.63, 3.8) is 0 Å². The first-order valence-electron chi connectivity index (χ1n) is 7.59. The van der Waals surface area contributed by atoms with Crippen molar-refractivity contribution >= 4 is 15.9 Å². The molecule has 2 heterocycles. The van der Waals surface area contributed by atoms with Gasteiger partial charge in [-0.05, 0) is 37.8 Å². The van der Waals surface area contributed by atoms with Crippen molar-refractivity contribution in [1.29, 1.82) is 0 Å². The summed E-state index contributed by atoms with van der Waals surface area (Å²) < 4.78 is 28.4. The molecule has 0 amide bonds. The minimum Gasteiger partial charge on any atom is -0.351 e. The van der Waals surface area contributed by atoms with Crippen LogP contribution < -0.4 is 5.32 Å². The van der Waals surface area contributed by atoms with Crippen LogP contribution in [0.3, 0.4) is 0 Å². The second-order valence-electron chi connectivity index (χ2n) is 6.06. The normalized spacial score (nSPS) is 26.8. The molecule has 1 saturated carbocycles. The molecule has 6 heteroatoms. The number of fused-ring (bicyclic) bond motifs is 1.